The molecule has 0 bridgehead atoms. The quantitative estimate of drug-likeness (QED) is 0.936. The van der Waals surface area contributed by atoms with Crippen LogP contribution in [-0.4, -0.2) is 10.1 Å². The van der Waals surface area contributed by atoms with E-state index in [4.69, 9.17) is 9.84 Å². The standard InChI is InChI=1S/C15H16BrNO2/c1-10-3-12(8-18)4-11(2)15(10)19-9-13-5-14(16)7-17-6-13/h3-7,18H,8-9H2,1-2H3. The minimum atomic E-state index is 0.0531. The average molecular weight is 322 g/mol. The second kappa shape index (κ2) is 6.17. The molecule has 1 aromatic heterocycles. The van der Waals surface area contributed by atoms with Gasteiger partial charge in [0.05, 0.1) is 6.61 Å². The second-order valence-corrected chi connectivity index (χ2v) is 5.43. The lowest BCUT2D eigenvalue weighted by Gasteiger charge is -2.13. The zero-order chi connectivity index (χ0) is 13.8. The van der Waals surface area contributed by atoms with Gasteiger partial charge in [0.15, 0.2) is 0 Å². The van der Waals surface area contributed by atoms with Crippen molar-refractivity contribution < 1.29 is 9.84 Å². The van der Waals surface area contributed by atoms with Crippen molar-refractivity contribution in [3.05, 3.63) is 57.3 Å². The Bertz CT molecular complexity index is 561. The van der Waals surface area contributed by atoms with Gasteiger partial charge in [-0.15, -0.1) is 0 Å². The Labute approximate surface area is 121 Å². The van der Waals surface area contributed by atoms with Crippen molar-refractivity contribution in [2.24, 2.45) is 0 Å². The Morgan fingerprint density at radius 1 is 1.11 bits per heavy atom. The number of ether oxygens (including phenoxy) is 1. The summed E-state index contributed by atoms with van der Waals surface area (Å²) < 4.78 is 6.81. The molecule has 0 fully saturated rings. The van der Waals surface area contributed by atoms with Crippen molar-refractivity contribution in [1.29, 1.82) is 0 Å². The Morgan fingerprint density at radius 3 is 2.37 bits per heavy atom. The summed E-state index contributed by atoms with van der Waals surface area (Å²) in [6, 6.07) is 5.88. The molecule has 0 spiro atoms. The third kappa shape index (κ3) is 3.55. The van der Waals surface area contributed by atoms with Crippen LogP contribution in [-0.2, 0) is 13.2 Å². The number of aliphatic hydroxyl groups excluding tert-OH is 1. The average Bonchev–Trinajstić information content (AvgIpc) is 2.37. The Morgan fingerprint density at radius 2 is 1.79 bits per heavy atom. The molecule has 3 nitrogen and oxygen atoms in total. The van der Waals surface area contributed by atoms with E-state index in [0.29, 0.717) is 6.61 Å². The molecule has 0 aliphatic heterocycles. The Hall–Kier alpha value is -1.39. The third-order valence-electron chi connectivity index (χ3n) is 2.85. The number of hydrogen-bond donors (Lipinski definition) is 1. The van der Waals surface area contributed by atoms with Crippen molar-refractivity contribution in [2.75, 3.05) is 0 Å². The fourth-order valence-corrected chi connectivity index (χ4v) is 2.46. The number of aromatic nitrogens is 1. The number of aryl methyl sites for hydroxylation is 2. The monoisotopic (exact) mass is 321 g/mol. The largest absolute Gasteiger partial charge is 0.488 e. The van der Waals surface area contributed by atoms with E-state index in [1.165, 1.54) is 0 Å². The maximum absolute atomic E-state index is 9.16. The van der Waals surface area contributed by atoms with Gasteiger partial charge in [0.2, 0.25) is 0 Å². The summed E-state index contributed by atoms with van der Waals surface area (Å²) in [6.07, 6.45) is 3.54. The predicted octanol–water partition coefficient (Wildman–Crippen LogP) is 3.53. The molecule has 4 heteroatoms. The van der Waals surface area contributed by atoms with Gasteiger partial charge in [-0.1, -0.05) is 12.1 Å². The Kier molecular flexibility index (Phi) is 4.56. The fraction of sp³-hybridized carbons (Fsp3) is 0.267. The molecule has 0 aliphatic carbocycles. The van der Waals surface area contributed by atoms with Crippen LogP contribution in [0.4, 0.5) is 0 Å². The van der Waals surface area contributed by atoms with Gasteiger partial charge in [-0.2, -0.15) is 0 Å². The molecule has 0 unspecified atom stereocenters. The Balaban J connectivity index is 2.16. The molecule has 100 valence electrons. The van der Waals surface area contributed by atoms with E-state index in [2.05, 4.69) is 20.9 Å². The van der Waals surface area contributed by atoms with Crippen molar-refractivity contribution >= 4 is 15.9 Å². The van der Waals surface area contributed by atoms with Crippen LogP contribution < -0.4 is 4.74 Å². The van der Waals surface area contributed by atoms with Gasteiger partial charge >= 0.3 is 0 Å². The van der Waals surface area contributed by atoms with Crippen LogP contribution in [0.5, 0.6) is 5.75 Å². The van der Waals surface area contributed by atoms with Gasteiger partial charge < -0.3 is 9.84 Å². The zero-order valence-electron chi connectivity index (χ0n) is 11.0. The van der Waals surface area contributed by atoms with Crippen LogP contribution in [0.1, 0.15) is 22.3 Å². The highest BCUT2D eigenvalue weighted by Gasteiger charge is 2.07. The van der Waals surface area contributed by atoms with Gasteiger partial charge in [0.1, 0.15) is 12.4 Å². The number of pyridine rings is 1. The van der Waals surface area contributed by atoms with E-state index in [-0.39, 0.29) is 6.61 Å². The van der Waals surface area contributed by atoms with E-state index in [0.717, 1.165) is 32.5 Å². The van der Waals surface area contributed by atoms with E-state index < -0.39 is 0 Å². The third-order valence-corrected chi connectivity index (χ3v) is 3.28. The number of halogens is 1. The summed E-state index contributed by atoms with van der Waals surface area (Å²) in [7, 11) is 0. The number of rotatable bonds is 4. The molecule has 0 saturated carbocycles. The van der Waals surface area contributed by atoms with Gasteiger partial charge in [-0.25, -0.2) is 0 Å². The number of nitrogens with zero attached hydrogens (tertiary/aromatic N) is 1. The number of hydrogen-bond acceptors (Lipinski definition) is 3. The number of aliphatic hydroxyl groups is 1. The molecular weight excluding hydrogens is 306 g/mol. The smallest absolute Gasteiger partial charge is 0.125 e. The molecule has 19 heavy (non-hydrogen) atoms. The summed E-state index contributed by atoms with van der Waals surface area (Å²) >= 11 is 3.39. The highest BCUT2D eigenvalue weighted by molar-refractivity contribution is 9.10. The van der Waals surface area contributed by atoms with Crippen LogP contribution >= 0.6 is 15.9 Å². The molecule has 1 aromatic carbocycles. The SMILES string of the molecule is Cc1cc(CO)cc(C)c1OCc1cncc(Br)c1. The molecule has 1 heterocycles. The minimum absolute atomic E-state index is 0.0531. The van der Waals surface area contributed by atoms with Crippen molar-refractivity contribution in [3.63, 3.8) is 0 Å². The molecule has 0 radical (unpaired) electrons. The van der Waals surface area contributed by atoms with Crippen LogP contribution in [0.3, 0.4) is 0 Å². The predicted molar refractivity (Wildman–Crippen MR) is 78.1 cm³/mol. The van der Waals surface area contributed by atoms with E-state index in [1.54, 1.807) is 12.4 Å². The first-order chi connectivity index (χ1) is 9.10. The topological polar surface area (TPSA) is 42.4 Å². The first-order valence-corrected chi connectivity index (χ1v) is 6.82. The molecule has 0 aliphatic rings. The lowest BCUT2D eigenvalue weighted by Crippen LogP contribution is -2.00. The van der Waals surface area contributed by atoms with Crippen LogP contribution in [0.2, 0.25) is 0 Å². The second-order valence-electron chi connectivity index (χ2n) is 4.52. The summed E-state index contributed by atoms with van der Waals surface area (Å²) in [5.41, 5.74) is 3.99. The fourth-order valence-electron chi connectivity index (χ4n) is 2.05. The normalized spacial score (nSPS) is 10.5. The lowest BCUT2D eigenvalue weighted by molar-refractivity contribution is 0.280. The molecule has 2 rings (SSSR count). The molecule has 0 atom stereocenters. The van der Waals surface area contributed by atoms with E-state index >= 15 is 0 Å². The molecule has 1 N–H and O–H groups in total. The summed E-state index contributed by atoms with van der Waals surface area (Å²) in [6.45, 7) is 4.51. The maximum Gasteiger partial charge on any atom is 0.125 e. The first-order valence-electron chi connectivity index (χ1n) is 6.03. The van der Waals surface area contributed by atoms with Gasteiger partial charge in [-0.3, -0.25) is 4.98 Å². The van der Waals surface area contributed by atoms with Gasteiger partial charge in [0, 0.05) is 22.4 Å². The maximum atomic E-state index is 9.16. The van der Waals surface area contributed by atoms with Crippen molar-refractivity contribution in [1.82, 2.24) is 4.98 Å². The number of benzene rings is 1. The van der Waals surface area contributed by atoms with Crippen LogP contribution in [0.25, 0.3) is 0 Å². The van der Waals surface area contributed by atoms with E-state index in [1.807, 2.05) is 32.0 Å². The van der Waals surface area contributed by atoms with Crippen molar-refractivity contribution in [3.8, 4) is 5.75 Å². The van der Waals surface area contributed by atoms with Gasteiger partial charge in [-0.05, 0) is 52.5 Å². The van der Waals surface area contributed by atoms with Crippen molar-refractivity contribution in [2.45, 2.75) is 27.1 Å². The zero-order valence-corrected chi connectivity index (χ0v) is 12.6. The minimum Gasteiger partial charge on any atom is -0.488 e. The first kappa shape index (κ1) is 14.0. The molecule has 0 saturated heterocycles. The molecular formula is C15H16BrNO2. The van der Waals surface area contributed by atoms with Crippen LogP contribution in [0.15, 0.2) is 35.1 Å². The summed E-state index contributed by atoms with van der Waals surface area (Å²) in [5, 5.41) is 9.16. The van der Waals surface area contributed by atoms with Gasteiger partial charge in [0.25, 0.3) is 0 Å². The van der Waals surface area contributed by atoms with E-state index in [9.17, 15) is 0 Å². The molecule has 2 aromatic rings. The summed E-state index contributed by atoms with van der Waals surface area (Å²) in [4.78, 5) is 4.11. The highest BCUT2D eigenvalue weighted by Crippen LogP contribution is 2.26. The lowest BCUT2D eigenvalue weighted by atomic mass is 10.1. The molecule has 0 amide bonds. The van der Waals surface area contributed by atoms with Crippen LogP contribution in [0, 0.1) is 13.8 Å². The summed E-state index contributed by atoms with van der Waals surface area (Å²) in [5.74, 6) is 0.872. The highest BCUT2D eigenvalue weighted by atomic mass is 79.9.